The van der Waals surface area contributed by atoms with Crippen molar-refractivity contribution in [2.75, 3.05) is 9.62 Å². The number of nitrogens with zero attached hydrogens (tertiary/aromatic N) is 7. The summed E-state index contributed by atoms with van der Waals surface area (Å²) in [6.07, 6.45) is 9.42. The molecule has 0 aliphatic carbocycles. The molecule has 87 heavy (non-hydrogen) atoms. The third-order valence-corrected chi connectivity index (χ3v) is 16.7. The summed E-state index contributed by atoms with van der Waals surface area (Å²) in [5.41, 5.74) is 23.6. The number of rotatable bonds is 1. The Hall–Kier alpha value is -9.85. The molecule has 0 saturated carbocycles. The summed E-state index contributed by atoms with van der Waals surface area (Å²) < 4.78 is 2.12. The van der Waals surface area contributed by atoms with E-state index in [4.69, 9.17) is 9.97 Å². The van der Waals surface area contributed by atoms with E-state index in [2.05, 4.69) is 224 Å². The van der Waals surface area contributed by atoms with Gasteiger partial charge in [0.1, 0.15) is 0 Å². The van der Waals surface area contributed by atoms with Crippen LogP contribution in [0.4, 0.5) is 22.7 Å². The molecule has 0 bridgehead atoms. The van der Waals surface area contributed by atoms with Crippen LogP contribution in [0, 0.1) is 24.3 Å². The summed E-state index contributed by atoms with van der Waals surface area (Å²) in [7, 11) is 0. The molecule has 4 aliphatic heterocycles. The topological polar surface area (TPSA) is 62.5 Å². The molecule has 11 heteroatoms. The summed E-state index contributed by atoms with van der Waals surface area (Å²) in [4.78, 5) is 23.2. The summed E-state index contributed by atoms with van der Waals surface area (Å²) in [6.45, 7) is 0.288. The number of para-hydroxylation sites is 3. The first kappa shape index (κ1) is 55.0. The van der Waals surface area contributed by atoms with E-state index in [1.165, 1.54) is 82.5 Å². The van der Waals surface area contributed by atoms with Crippen LogP contribution in [-0.2, 0) is 40.2 Å². The van der Waals surface area contributed by atoms with Crippen LogP contribution in [0.3, 0.4) is 0 Å². The molecule has 0 unspecified atom stereocenters. The molecule has 0 spiro atoms. The summed E-state index contributed by atoms with van der Waals surface area (Å²) >= 11 is 0. The minimum atomic E-state index is 0. The number of anilines is 4. The monoisotopic (exact) mass is 1470 g/mol. The van der Waals surface area contributed by atoms with Crippen LogP contribution in [0.2, 0.25) is 0 Å². The molecule has 0 atom stereocenters. The fourth-order valence-corrected chi connectivity index (χ4v) is 13.1. The predicted octanol–water partition coefficient (Wildman–Crippen LogP) is 14.7. The van der Waals surface area contributed by atoms with Crippen molar-refractivity contribution in [2.45, 2.75) is 0 Å². The zero-order valence-corrected chi connectivity index (χ0v) is 51.4. The number of fused-ring (bicyclic) bond motifs is 29. The van der Waals surface area contributed by atoms with E-state index < -0.39 is 0 Å². The number of benzene rings is 10. The SMILES string of the molecule is [Ir].[Ir].[c-]1cccc2c1-c1ncccc1N1B2c2ccccc2-c2ccccc21.[c-]1cccc2c1-c1ncccc1N1B2c2ccccc2-c2ccccc21.[c-]1cccc2c1c1nccn1c1ccccc21.[c-]1ccccc1-c1nccc2ccccc12. The van der Waals surface area contributed by atoms with Gasteiger partial charge in [0.25, 0.3) is 13.7 Å². The molecular weight excluding hydrogens is 1420 g/mol. The van der Waals surface area contributed by atoms with Crippen LogP contribution < -0.4 is 31.5 Å². The Kier molecular flexibility index (Phi) is 14.9. The molecule has 0 saturated heterocycles. The molecule has 5 aromatic heterocycles. The van der Waals surface area contributed by atoms with Crippen LogP contribution >= 0.6 is 0 Å². The van der Waals surface area contributed by atoms with Gasteiger partial charge in [0.05, 0.1) is 5.65 Å². The molecule has 0 amide bonds. The number of hydrogen-bond donors (Lipinski definition) is 0. The van der Waals surface area contributed by atoms with Gasteiger partial charge in [-0.1, -0.05) is 144 Å². The first-order valence-corrected chi connectivity index (χ1v) is 28.6. The normalized spacial score (nSPS) is 12.1. The van der Waals surface area contributed by atoms with Gasteiger partial charge in [0.2, 0.25) is 0 Å². The standard InChI is InChI=1S/2C23H14BN2.C15H9N2.C15H10N.2Ir/c2*1-4-11-19-16(8-1)17-9-3-6-13-21(17)26-22-14-7-15-25-23(22)18-10-2-5-12-20(18)24(19)26;1-2-7-13-11(5-1)12-6-3-4-8-14(12)17-10-9-16-15(13)17;1-2-7-13(8-3-1)15-14-9-5-4-6-12(14)10-11-16-15;;/h2*1-9,11-15H;1-6,8-10H;1-7,9-11H;;/q4*-1;;. The summed E-state index contributed by atoms with van der Waals surface area (Å²) in [5.74, 6) is 0. The van der Waals surface area contributed by atoms with E-state index in [1.54, 1.807) is 0 Å². The van der Waals surface area contributed by atoms with Crippen LogP contribution in [0.25, 0.3) is 94.1 Å². The number of pyridine rings is 4. The molecule has 0 fully saturated rings. The Balaban J connectivity index is 0.000000104. The third-order valence-electron chi connectivity index (χ3n) is 16.7. The Bertz CT molecular complexity index is 4430. The molecule has 15 aromatic rings. The van der Waals surface area contributed by atoms with Crippen molar-refractivity contribution in [3.8, 4) is 56.0 Å². The first-order valence-electron chi connectivity index (χ1n) is 28.6. The smallest absolute Gasteiger partial charge is 0.272 e. The van der Waals surface area contributed by atoms with Crippen LogP contribution in [0.5, 0.6) is 0 Å². The van der Waals surface area contributed by atoms with Crippen molar-refractivity contribution >= 4 is 96.4 Å². The maximum absolute atomic E-state index is 4.71. The second kappa shape index (κ2) is 23.5. The van der Waals surface area contributed by atoms with Crippen LogP contribution in [0.1, 0.15) is 0 Å². The van der Waals surface area contributed by atoms with Crippen molar-refractivity contribution in [3.05, 3.63) is 310 Å². The van der Waals surface area contributed by atoms with Gasteiger partial charge in [0, 0.05) is 122 Å². The van der Waals surface area contributed by atoms with E-state index in [1.807, 2.05) is 110 Å². The molecule has 19 rings (SSSR count). The molecule has 4 aliphatic rings. The maximum atomic E-state index is 4.71. The van der Waals surface area contributed by atoms with Gasteiger partial charge in [-0.15, -0.1) is 136 Å². The quantitative estimate of drug-likeness (QED) is 0.0927. The minimum Gasteiger partial charge on any atom is -0.392 e. The van der Waals surface area contributed by atoms with E-state index in [0.29, 0.717) is 0 Å². The number of imidazole rings is 1. The van der Waals surface area contributed by atoms with E-state index >= 15 is 0 Å². The van der Waals surface area contributed by atoms with Gasteiger partial charge >= 0.3 is 0 Å². The second-order valence-corrected chi connectivity index (χ2v) is 21.3. The fraction of sp³-hybridized carbons (Fsp3) is 0. The van der Waals surface area contributed by atoms with Crippen molar-refractivity contribution in [2.24, 2.45) is 0 Å². The Morgan fingerprint density at radius 2 is 0.805 bits per heavy atom. The van der Waals surface area contributed by atoms with Gasteiger partial charge < -0.3 is 29.0 Å². The van der Waals surface area contributed by atoms with Gasteiger partial charge in [-0.2, -0.15) is 0 Å². The molecule has 9 heterocycles. The van der Waals surface area contributed by atoms with Crippen molar-refractivity contribution < 1.29 is 40.2 Å². The summed E-state index contributed by atoms with van der Waals surface area (Å²) in [6, 6.07) is 102. The largest absolute Gasteiger partial charge is 0.392 e. The van der Waals surface area contributed by atoms with Crippen molar-refractivity contribution in [3.63, 3.8) is 0 Å². The minimum absolute atomic E-state index is 0. The Labute approximate surface area is 532 Å². The van der Waals surface area contributed by atoms with E-state index in [9.17, 15) is 0 Å². The maximum Gasteiger partial charge on any atom is 0.272 e. The predicted molar refractivity (Wildman–Crippen MR) is 350 cm³/mol. The van der Waals surface area contributed by atoms with Gasteiger partial charge in [-0.25, -0.2) is 0 Å². The molecule has 7 nitrogen and oxygen atoms in total. The molecule has 10 aromatic carbocycles. The Morgan fingerprint density at radius 3 is 1.44 bits per heavy atom. The van der Waals surface area contributed by atoms with Gasteiger partial charge in [-0.05, 0) is 81.5 Å². The average Bonchev–Trinajstić information content (AvgIpc) is 1.21. The van der Waals surface area contributed by atoms with E-state index in [0.717, 1.165) is 56.2 Å². The third kappa shape index (κ3) is 9.39. The number of hydrogen-bond acceptors (Lipinski definition) is 6. The van der Waals surface area contributed by atoms with Crippen LogP contribution in [0.15, 0.2) is 286 Å². The van der Waals surface area contributed by atoms with Crippen molar-refractivity contribution in [1.82, 2.24) is 24.3 Å². The summed E-state index contributed by atoms with van der Waals surface area (Å²) in [5, 5.41) is 5.92. The number of aromatic nitrogens is 5. The zero-order valence-electron chi connectivity index (χ0n) is 46.6. The zero-order chi connectivity index (χ0) is 56.2. The Morgan fingerprint density at radius 1 is 0.322 bits per heavy atom. The van der Waals surface area contributed by atoms with Gasteiger partial charge in [0.15, 0.2) is 0 Å². The molecule has 414 valence electrons. The van der Waals surface area contributed by atoms with Crippen molar-refractivity contribution in [1.29, 1.82) is 0 Å². The van der Waals surface area contributed by atoms with E-state index in [-0.39, 0.29) is 53.9 Å². The average molecular weight is 1460 g/mol. The molecule has 2 radical (unpaired) electrons. The van der Waals surface area contributed by atoms with Gasteiger partial charge in [-0.3, -0.25) is 4.98 Å². The molecule has 0 N–H and O–H groups in total. The van der Waals surface area contributed by atoms with Crippen LogP contribution in [-0.4, -0.2) is 38.0 Å². The molecular formula is C76H47B2Ir2N7-4. The fourth-order valence-electron chi connectivity index (χ4n) is 13.1. The first-order chi connectivity index (χ1) is 42.3. The second-order valence-electron chi connectivity index (χ2n) is 21.3.